The average molecular weight is 268 g/mol. The fraction of sp³-hybridized carbons (Fsp3) is 0.333. The fourth-order valence-electron chi connectivity index (χ4n) is 1.66. The quantitative estimate of drug-likeness (QED) is 0.923. The average Bonchev–Trinajstić information content (AvgIpc) is 3.11. The van der Waals surface area contributed by atoms with Crippen LogP contribution >= 0.6 is 11.6 Å². The van der Waals surface area contributed by atoms with Crippen molar-refractivity contribution < 1.29 is 8.91 Å². The van der Waals surface area contributed by atoms with Crippen LogP contribution in [0.2, 0.25) is 5.02 Å². The van der Waals surface area contributed by atoms with Crippen molar-refractivity contribution in [3.8, 4) is 0 Å². The highest BCUT2D eigenvalue weighted by Gasteiger charge is 2.28. The number of aromatic nitrogens is 2. The first-order valence-electron chi connectivity index (χ1n) is 5.74. The van der Waals surface area contributed by atoms with Gasteiger partial charge < -0.3 is 9.84 Å². The van der Waals surface area contributed by atoms with Crippen molar-refractivity contribution >= 4 is 17.3 Å². The molecule has 0 amide bonds. The predicted molar refractivity (Wildman–Crippen MR) is 65.0 cm³/mol. The summed E-state index contributed by atoms with van der Waals surface area (Å²) in [5, 5.41) is 6.86. The molecule has 0 aliphatic heterocycles. The molecule has 4 nitrogen and oxygen atoms in total. The second-order valence-corrected chi connectivity index (χ2v) is 4.68. The zero-order chi connectivity index (χ0) is 12.5. The summed E-state index contributed by atoms with van der Waals surface area (Å²) in [5.41, 5.74) is 0.327. The lowest BCUT2D eigenvalue weighted by molar-refractivity contribution is 0.377. The molecule has 1 aromatic carbocycles. The number of halogens is 2. The first-order chi connectivity index (χ1) is 8.74. The minimum atomic E-state index is -0.471. The van der Waals surface area contributed by atoms with E-state index in [1.165, 1.54) is 6.07 Å². The summed E-state index contributed by atoms with van der Waals surface area (Å²) in [4.78, 5) is 4.24. The minimum Gasteiger partial charge on any atom is -0.374 e. The monoisotopic (exact) mass is 267 g/mol. The molecule has 1 N–H and O–H groups in total. The number of rotatable bonds is 4. The third kappa shape index (κ3) is 2.31. The standard InChI is InChI=1S/C12H11ClFN3O/c13-8-2-1-3-9(11(8)14)15-6-10-16-12(17-18-10)7-4-5-7/h1-3,7,15H,4-6H2. The number of benzene rings is 1. The highest BCUT2D eigenvalue weighted by atomic mass is 35.5. The van der Waals surface area contributed by atoms with E-state index in [-0.39, 0.29) is 11.6 Å². The predicted octanol–water partition coefficient (Wildman–Crippen LogP) is 3.35. The van der Waals surface area contributed by atoms with E-state index in [0.29, 0.717) is 17.5 Å². The van der Waals surface area contributed by atoms with Crippen LogP contribution in [-0.4, -0.2) is 10.1 Å². The minimum absolute atomic E-state index is 0.0872. The van der Waals surface area contributed by atoms with Crippen LogP contribution in [0.1, 0.15) is 30.5 Å². The van der Waals surface area contributed by atoms with Crippen molar-refractivity contribution in [2.24, 2.45) is 0 Å². The maximum Gasteiger partial charge on any atom is 0.245 e. The van der Waals surface area contributed by atoms with Crippen LogP contribution in [0.4, 0.5) is 10.1 Å². The number of hydrogen-bond acceptors (Lipinski definition) is 4. The number of nitrogens with zero attached hydrogens (tertiary/aromatic N) is 2. The molecule has 0 radical (unpaired) electrons. The van der Waals surface area contributed by atoms with Crippen molar-refractivity contribution in [3.63, 3.8) is 0 Å². The SMILES string of the molecule is Fc1c(Cl)cccc1NCc1nc(C2CC2)no1. The molecule has 6 heteroatoms. The molecule has 94 valence electrons. The van der Waals surface area contributed by atoms with Gasteiger partial charge >= 0.3 is 0 Å². The van der Waals surface area contributed by atoms with Crippen LogP contribution in [0.15, 0.2) is 22.7 Å². The van der Waals surface area contributed by atoms with Crippen LogP contribution < -0.4 is 5.32 Å². The van der Waals surface area contributed by atoms with Crippen LogP contribution in [0.3, 0.4) is 0 Å². The number of nitrogens with one attached hydrogen (secondary N) is 1. The molecule has 3 rings (SSSR count). The Kier molecular flexibility index (Phi) is 2.91. The van der Waals surface area contributed by atoms with Crippen molar-refractivity contribution in [2.75, 3.05) is 5.32 Å². The van der Waals surface area contributed by atoms with E-state index in [4.69, 9.17) is 16.1 Å². The Morgan fingerprint density at radius 1 is 1.44 bits per heavy atom. The number of hydrogen-bond donors (Lipinski definition) is 1. The maximum atomic E-state index is 13.6. The largest absolute Gasteiger partial charge is 0.374 e. The van der Waals surface area contributed by atoms with Crippen molar-refractivity contribution in [1.29, 1.82) is 0 Å². The summed E-state index contributed by atoms with van der Waals surface area (Å²) < 4.78 is 18.7. The Morgan fingerprint density at radius 2 is 2.28 bits per heavy atom. The zero-order valence-corrected chi connectivity index (χ0v) is 10.2. The summed E-state index contributed by atoms with van der Waals surface area (Å²) in [7, 11) is 0. The van der Waals surface area contributed by atoms with Crippen molar-refractivity contribution in [1.82, 2.24) is 10.1 Å². The third-order valence-corrected chi connectivity index (χ3v) is 3.10. The van der Waals surface area contributed by atoms with E-state index in [2.05, 4.69) is 15.5 Å². The summed E-state index contributed by atoms with van der Waals surface area (Å²) >= 11 is 5.68. The van der Waals surface area contributed by atoms with Gasteiger partial charge in [0.1, 0.15) is 0 Å². The van der Waals surface area contributed by atoms with Gasteiger partial charge in [-0.25, -0.2) is 4.39 Å². The Morgan fingerprint density at radius 3 is 3.06 bits per heavy atom. The van der Waals surface area contributed by atoms with E-state index in [9.17, 15) is 4.39 Å². The second kappa shape index (κ2) is 4.57. The fourth-order valence-corrected chi connectivity index (χ4v) is 1.83. The molecule has 1 aliphatic carbocycles. The van der Waals surface area contributed by atoms with Gasteiger partial charge in [0.15, 0.2) is 11.6 Å². The molecule has 0 bridgehead atoms. The molecule has 0 spiro atoms. The van der Waals surface area contributed by atoms with Gasteiger partial charge in [-0.3, -0.25) is 0 Å². The summed E-state index contributed by atoms with van der Waals surface area (Å²) in [6, 6.07) is 4.79. The first-order valence-corrected chi connectivity index (χ1v) is 6.12. The molecule has 0 saturated heterocycles. The summed E-state index contributed by atoms with van der Waals surface area (Å²) in [5.74, 6) is 1.18. The molecular weight excluding hydrogens is 257 g/mol. The van der Waals surface area contributed by atoms with Gasteiger partial charge in [0, 0.05) is 5.92 Å². The molecular formula is C12H11ClFN3O. The second-order valence-electron chi connectivity index (χ2n) is 4.28. The molecule has 1 saturated carbocycles. The van der Waals surface area contributed by atoms with Crippen LogP contribution in [-0.2, 0) is 6.54 Å². The highest BCUT2D eigenvalue weighted by molar-refractivity contribution is 6.31. The molecule has 1 aromatic heterocycles. The summed E-state index contributed by atoms with van der Waals surface area (Å²) in [6.07, 6.45) is 2.24. The zero-order valence-electron chi connectivity index (χ0n) is 9.49. The van der Waals surface area contributed by atoms with Crippen molar-refractivity contribution in [3.05, 3.63) is 40.8 Å². The Bertz CT molecular complexity index is 568. The van der Waals surface area contributed by atoms with Gasteiger partial charge in [0.05, 0.1) is 17.3 Å². The van der Waals surface area contributed by atoms with Gasteiger partial charge in [-0.05, 0) is 25.0 Å². The Labute approximate surface area is 108 Å². The molecule has 1 fully saturated rings. The Balaban J connectivity index is 1.67. The number of anilines is 1. The van der Waals surface area contributed by atoms with Gasteiger partial charge in [-0.15, -0.1) is 0 Å². The molecule has 0 atom stereocenters. The molecule has 2 aromatic rings. The highest BCUT2D eigenvalue weighted by Crippen LogP contribution is 2.38. The summed E-state index contributed by atoms with van der Waals surface area (Å²) in [6.45, 7) is 0.289. The van der Waals surface area contributed by atoms with Gasteiger partial charge in [0.2, 0.25) is 5.89 Å². The van der Waals surface area contributed by atoms with Gasteiger partial charge in [-0.2, -0.15) is 4.98 Å². The topological polar surface area (TPSA) is 51.0 Å². The normalized spacial score (nSPS) is 14.8. The molecule has 1 aliphatic rings. The van der Waals surface area contributed by atoms with Gasteiger partial charge in [-0.1, -0.05) is 22.8 Å². The van der Waals surface area contributed by atoms with Crippen LogP contribution in [0, 0.1) is 5.82 Å². The maximum absolute atomic E-state index is 13.6. The van der Waals surface area contributed by atoms with E-state index < -0.39 is 5.82 Å². The van der Waals surface area contributed by atoms with Crippen LogP contribution in [0.25, 0.3) is 0 Å². The molecule has 1 heterocycles. The van der Waals surface area contributed by atoms with Crippen molar-refractivity contribution in [2.45, 2.75) is 25.3 Å². The van der Waals surface area contributed by atoms with E-state index in [1.54, 1.807) is 12.1 Å². The smallest absolute Gasteiger partial charge is 0.245 e. The first kappa shape index (κ1) is 11.5. The molecule has 0 unspecified atom stereocenters. The lowest BCUT2D eigenvalue weighted by Crippen LogP contribution is -2.02. The van der Waals surface area contributed by atoms with Gasteiger partial charge in [0.25, 0.3) is 0 Å². The van der Waals surface area contributed by atoms with E-state index >= 15 is 0 Å². The Hall–Kier alpha value is -1.62. The third-order valence-electron chi connectivity index (χ3n) is 2.81. The lowest BCUT2D eigenvalue weighted by atomic mass is 10.3. The lowest BCUT2D eigenvalue weighted by Gasteiger charge is -2.05. The van der Waals surface area contributed by atoms with Crippen LogP contribution in [0.5, 0.6) is 0 Å². The van der Waals surface area contributed by atoms with E-state index in [0.717, 1.165) is 18.7 Å². The molecule has 18 heavy (non-hydrogen) atoms. The van der Waals surface area contributed by atoms with E-state index in [1.807, 2.05) is 0 Å².